The fourth-order valence-electron chi connectivity index (χ4n) is 1.25. The molecule has 7 heteroatoms. The summed E-state index contributed by atoms with van der Waals surface area (Å²) in [5.41, 5.74) is 0.511. The van der Waals surface area contributed by atoms with Crippen molar-refractivity contribution in [1.29, 1.82) is 0 Å². The van der Waals surface area contributed by atoms with Crippen LogP contribution in [0, 0.1) is 0 Å². The first kappa shape index (κ1) is 18.7. The van der Waals surface area contributed by atoms with Gasteiger partial charge in [0.25, 0.3) is 0 Å². The van der Waals surface area contributed by atoms with Crippen molar-refractivity contribution in [3.8, 4) is 0 Å². The van der Waals surface area contributed by atoms with Gasteiger partial charge in [0, 0.05) is 10.3 Å². The Bertz CT molecular complexity index is 521. The summed E-state index contributed by atoms with van der Waals surface area (Å²) in [5.74, 6) is -1.27. The van der Waals surface area contributed by atoms with Gasteiger partial charge in [0.2, 0.25) is 0 Å². The number of para-hydroxylation sites is 1. The molecule has 1 aromatic carbocycles. The first-order valence-corrected chi connectivity index (χ1v) is 4.43. The summed E-state index contributed by atoms with van der Waals surface area (Å²) in [6, 6.07) is 8.56. The van der Waals surface area contributed by atoms with Crippen molar-refractivity contribution in [1.82, 2.24) is 4.98 Å². The SMILES string of the molecule is O.O.O=C([O-])c1ccc2cccc(S)c2n1.[Na+]. The molecule has 0 aliphatic rings. The second kappa shape index (κ2) is 7.65. The average molecular weight is 263 g/mol. The molecule has 0 unspecified atom stereocenters. The molecule has 0 aliphatic heterocycles. The van der Waals surface area contributed by atoms with Crippen LogP contribution in [0.4, 0.5) is 0 Å². The van der Waals surface area contributed by atoms with E-state index in [0.717, 1.165) is 5.39 Å². The molecule has 2 aromatic rings. The van der Waals surface area contributed by atoms with Crippen LogP contribution in [0.25, 0.3) is 10.9 Å². The Morgan fingerprint density at radius 3 is 2.41 bits per heavy atom. The van der Waals surface area contributed by atoms with Crippen molar-refractivity contribution < 1.29 is 50.4 Å². The van der Waals surface area contributed by atoms with Gasteiger partial charge in [0.1, 0.15) is 0 Å². The van der Waals surface area contributed by atoms with Crippen LogP contribution in [0.2, 0.25) is 0 Å². The topological polar surface area (TPSA) is 116 Å². The summed E-state index contributed by atoms with van der Waals surface area (Å²) in [6.45, 7) is 0. The van der Waals surface area contributed by atoms with E-state index >= 15 is 0 Å². The maximum absolute atomic E-state index is 10.6. The molecule has 1 aromatic heterocycles. The van der Waals surface area contributed by atoms with E-state index in [-0.39, 0.29) is 46.2 Å². The third-order valence-electron chi connectivity index (χ3n) is 1.91. The number of carbonyl (C=O) groups is 1. The Morgan fingerprint density at radius 2 is 1.82 bits per heavy atom. The van der Waals surface area contributed by atoms with Gasteiger partial charge in [-0.25, -0.2) is 4.98 Å². The minimum absolute atomic E-state index is 0. The Kier molecular flexibility index (Phi) is 8.43. The Morgan fingerprint density at radius 1 is 1.18 bits per heavy atom. The van der Waals surface area contributed by atoms with E-state index in [1.807, 2.05) is 12.1 Å². The largest absolute Gasteiger partial charge is 1.00 e. The summed E-state index contributed by atoms with van der Waals surface area (Å²) in [6.07, 6.45) is 0. The second-order valence-corrected chi connectivity index (χ2v) is 3.31. The van der Waals surface area contributed by atoms with Crippen LogP contribution in [-0.4, -0.2) is 21.9 Å². The van der Waals surface area contributed by atoms with E-state index in [9.17, 15) is 9.90 Å². The molecule has 0 saturated heterocycles. The van der Waals surface area contributed by atoms with Gasteiger partial charge in [0.05, 0.1) is 17.2 Å². The second-order valence-electron chi connectivity index (χ2n) is 2.83. The van der Waals surface area contributed by atoms with Gasteiger partial charge in [-0.2, -0.15) is 0 Å². The zero-order valence-corrected chi connectivity index (χ0v) is 12.0. The van der Waals surface area contributed by atoms with E-state index in [2.05, 4.69) is 17.6 Å². The first-order valence-electron chi connectivity index (χ1n) is 3.98. The van der Waals surface area contributed by atoms with Crippen LogP contribution in [0.15, 0.2) is 35.2 Å². The number of carboxylic acid groups (broad SMARTS) is 1. The number of carbonyl (C=O) groups excluding carboxylic acids is 1. The van der Waals surface area contributed by atoms with E-state index < -0.39 is 5.97 Å². The monoisotopic (exact) mass is 263 g/mol. The minimum Gasteiger partial charge on any atom is -0.543 e. The zero-order valence-electron chi connectivity index (χ0n) is 9.10. The zero-order chi connectivity index (χ0) is 10.1. The standard InChI is InChI=1S/C10H7NO2S.Na.2H2O/c12-10(13)7-5-4-6-2-1-3-8(14)9(6)11-7;;;/h1-5,14H,(H,12,13);;2*1H2/q;+1;;/p-1. The number of nitrogens with zero attached hydrogens (tertiary/aromatic N) is 1. The molecule has 0 aliphatic carbocycles. The third-order valence-corrected chi connectivity index (χ3v) is 2.27. The number of rotatable bonds is 1. The van der Waals surface area contributed by atoms with Gasteiger partial charge in [-0.1, -0.05) is 18.2 Å². The number of thiol groups is 1. The van der Waals surface area contributed by atoms with Crippen molar-refractivity contribution in [2.75, 3.05) is 0 Å². The number of benzene rings is 1. The summed E-state index contributed by atoms with van der Waals surface area (Å²) < 4.78 is 0. The molecule has 5 nitrogen and oxygen atoms in total. The van der Waals surface area contributed by atoms with Crippen LogP contribution in [0.3, 0.4) is 0 Å². The molecule has 86 valence electrons. The molecule has 0 fully saturated rings. The Hall–Kier alpha value is -0.630. The van der Waals surface area contributed by atoms with Crippen molar-refractivity contribution >= 4 is 29.5 Å². The summed E-state index contributed by atoms with van der Waals surface area (Å²) in [7, 11) is 0. The van der Waals surface area contributed by atoms with Gasteiger partial charge < -0.3 is 20.9 Å². The molecule has 0 radical (unpaired) electrons. The summed E-state index contributed by atoms with van der Waals surface area (Å²) >= 11 is 4.19. The third kappa shape index (κ3) is 3.95. The number of hydrogen-bond acceptors (Lipinski definition) is 4. The van der Waals surface area contributed by atoms with Crippen LogP contribution in [0.1, 0.15) is 10.5 Å². The molecule has 0 saturated carbocycles. The maximum atomic E-state index is 10.6. The van der Waals surface area contributed by atoms with Gasteiger partial charge in [0.15, 0.2) is 0 Å². The molecule has 1 heterocycles. The van der Waals surface area contributed by atoms with Crippen molar-refractivity contribution in [3.63, 3.8) is 0 Å². The van der Waals surface area contributed by atoms with Gasteiger partial charge in [-0.15, -0.1) is 12.6 Å². The van der Waals surface area contributed by atoms with Crippen molar-refractivity contribution in [3.05, 3.63) is 36.0 Å². The van der Waals surface area contributed by atoms with Crippen LogP contribution >= 0.6 is 12.6 Å². The van der Waals surface area contributed by atoms with Crippen LogP contribution < -0.4 is 34.7 Å². The summed E-state index contributed by atoms with van der Waals surface area (Å²) in [4.78, 5) is 15.2. The van der Waals surface area contributed by atoms with Crippen molar-refractivity contribution in [2.24, 2.45) is 0 Å². The van der Waals surface area contributed by atoms with E-state index in [0.29, 0.717) is 10.4 Å². The number of pyridine rings is 1. The quantitative estimate of drug-likeness (QED) is 0.420. The molecular formula is C10H10NNaO4S. The fraction of sp³-hybridized carbons (Fsp3) is 0. The van der Waals surface area contributed by atoms with Crippen molar-refractivity contribution in [2.45, 2.75) is 4.90 Å². The van der Waals surface area contributed by atoms with E-state index in [4.69, 9.17) is 0 Å². The maximum Gasteiger partial charge on any atom is 1.00 e. The number of aromatic carboxylic acids is 1. The minimum atomic E-state index is -1.27. The predicted molar refractivity (Wildman–Crippen MR) is 60.6 cm³/mol. The van der Waals surface area contributed by atoms with Gasteiger partial charge >= 0.3 is 29.6 Å². The van der Waals surface area contributed by atoms with E-state index in [1.54, 1.807) is 12.1 Å². The molecule has 0 atom stereocenters. The number of hydrogen-bond donors (Lipinski definition) is 1. The van der Waals surface area contributed by atoms with E-state index in [1.165, 1.54) is 6.07 Å². The van der Waals surface area contributed by atoms with Crippen LogP contribution in [0.5, 0.6) is 0 Å². The Labute approximate surface area is 125 Å². The smallest absolute Gasteiger partial charge is 0.543 e. The van der Waals surface area contributed by atoms with Gasteiger partial charge in [-0.05, 0) is 12.1 Å². The molecule has 0 bridgehead atoms. The van der Waals surface area contributed by atoms with Gasteiger partial charge in [-0.3, -0.25) is 0 Å². The molecule has 4 N–H and O–H groups in total. The first-order chi connectivity index (χ1) is 6.68. The fourth-order valence-corrected chi connectivity index (χ4v) is 1.51. The molecule has 2 rings (SSSR count). The summed E-state index contributed by atoms with van der Waals surface area (Å²) in [5, 5.41) is 11.4. The Balaban J connectivity index is 0. The molecule has 0 amide bonds. The molecule has 17 heavy (non-hydrogen) atoms. The van der Waals surface area contributed by atoms with Crippen LogP contribution in [-0.2, 0) is 0 Å². The molecular weight excluding hydrogens is 253 g/mol. The molecule has 0 spiro atoms. The predicted octanol–water partition coefficient (Wildman–Crippen LogP) is -3.76. The normalized spacial score (nSPS) is 8.53. The number of carboxylic acids is 1. The average Bonchev–Trinajstić information content (AvgIpc) is 2.18. The number of fused-ring (bicyclic) bond motifs is 1. The number of aromatic nitrogens is 1.